The highest BCUT2D eigenvalue weighted by Gasteiger charge is 2.13. The first-order valence-electron chi connectivity index (χ1n) is 5.97. The maximum atomic E-state index is 11.7. The Labute approximate surface area is 122 Å². The Kier molecular flexibility index (Phi) is 4.12. The highest BCUT2D eigenvalue weighted by Crippen LogP contribution is 2.29. The molecule has 108 valence electrons. The highest BCUT2D eigenvalue weighted by molar-refractivity contribution is 7.89. The van der Waals surface area contributed by atoms with Crippen molar-refractivity contribution in [2.24, 2.45) is 0 Å². The van der Waals surface area contributed by atoms with Gasteiger partial charge < -0.3 is 10.5 Å². The normalized spacial score (nSPS) is 10.9. The van der Waals surface area contributed by atoms with Crippen LogP contribution in [0.5, 0.6) is 11.5 Å². The molecule has 6 nitrogen and oxygen atoms in total. The minimum Gasteiger partial charge on any atom is -0.455 e. The van der Waals surface area contributed by atoms with Gasteiger partial charge in [-0.15, -0.1) is 0 Å². The van der Waals surface area contributed by atoms with Crippen LogP contribution < -0.4 is 15.2 Å². The van der Waals surface area contributed by atoms with Gasteiger partial charge in [0.15, 0.2) is 0 Å². The number of nitrogens with one attached hydrogen (secondary N) is 1. The summed E-state index contributed by atoms with van der Waals surface area (Å²) in [7, 11) is -2.23. The molecule has 0 radical (unpaired) electrons. The smallest absolute Gasteiger partial charge is 0.240 e. The monoisotopic (exact) mass is 303 g/mol. The fourth-order valence-corrected chi connectivity index (χ4v) is 2.43. The first kappa shape index (κ1) is 14.8. The lowest BCUT2D eigenvalue weighted by Gasteiger charge is -2.10. The number of nitrogens with two attached hydrogens (primary N) is 1. The summed E-state index contributed by atoms with van der Waals surface area (Å²) < 4.78 is 31.1. The van der Waals surface area contributed by atoms with Crippen LogP contribution in [0.1, 0.15) is 5.56 Å². The summed E-state index contributed by atoms with van der Waals surface area (Å²) in [6.45, 7) is 0. The van der Waals surface area contributed by atoms with Gasteiger partial charge in [0.05, 0.1) is 22.2 Å². The highest BCUT2D eigenvalue weighted by atomic mass is 32.2. The van der Waals surface area contributed by atoms with E-state index < -0.39 is 10.0 Å². The van der Waals surface area contributed by atoms with Gasteiger partial charge in [-0.25, -0.2) is 13.1 Å². The molecule has 0 heterocycles. The van der Waals surface area contributed by atoms with Crippen LogP contribution in [0.15, 0.2) is 47.4 Å². The third kappa shape index (κ3) is 3.31. The van der Waals surface area contributed by atoms with Crippen LogP contribution in [-0.4, -0.2) is 15.5 Å². The van der Waals surface area contributed by atoms with Crippen LogP contribution in [0.4, 0.5) is 5.69 Å². The summed E-state index contributed by atoms with van der Waals surface area (Å²) in [5, 5.41) is 8.83. The average Bonchev–Trinajstić information content (AvgIpc) is 2.49. The summed E-state index contributed by atoms with van der Waals surface area (Å²) >= 11 is 0. The Morgan fingerprint density at radius 3 is 2.62 bits per heavy atom. The van der Waals surface area contributed by atoms with Gasteiger partial charge in [-0.2, -0.15) is 5.26 Å². The van der Waals surface area contributed by atoms with E-state index in [-0.39, 0.29) is 10.6 Å². The van der Waals surface area contributed by atoms with E-state index in [0.29, 0.717) is 17.1 Å². The minimum atomic E-state index is -3.55. The van der Waals surface area contributed by atoms with Gasteiger partial charge in [0.25, 0.3) is 0 Å². The van der Waals surface area contributed by atoms with Gasteiger partial charge in [0, 0.05) is 0 Å². The number of nitrogens with zero attached hydrogens (tertiary/aromatic N) is 1. The fourth-order valence-electron chi connectivity index (χ4n) is 1.66. The van der Waals surface area contributed by atoms with Crippen molar-refractivity contribution in [1.29, 1.82) is 5.26 Å². The van der Waals surface area contributed by atoms with E-state index in [9.17, 15) is 8.42 Å². The SMILES string of the molecule is CNS(=O)(=O)c1ccc(Oc2cccc(C#N)c2)c(N)c1. The van der Waals surface area contributed by atoms with Gasteiger partial charge >= 0.3 is 0 Å². The van der Waals surface area contributed by atoms with Gasteiger partial charge in [-0.05, 0) is 43.4 Å². The first-order valence-corrected chi connectivity index (χ1v) is 7.45. The number of nitrogen functional groups attached to an aromatic ring is 1. The van der Waals surface area contributed by atoms with Crippen LogP contribution >= 0.6 is 0 Å². The van der Waals surface area contributed by atoms with E-state index in [1.54, 1.807) is 24.3 Å². The molecule has 0 aliphatic heterocycles. The van der Waals surface area contributed by atoms with Crippen LogP contribution in [0.3, 0.4) is 0 Å². The number of benzene rings is 2. The van der Waals surface area contributed by atoms with Crippen molar-refractivity contribution in [2.75, 3.05) is 12.8 Å². The molecule has 0 aromatic heterocycles. The average molecular weight is 303 g/mol. The minimum absolute atomic E-state index is 0.0561. The topological polar surface area (TPSA) is 105 Å². The fraction of sp³-hybridized carbons (Fsp3) is 0.0714. The van der Waals surface area contributed by atoms with Gasteiger partial charge in [0.2, 0.25) is 10.0 Å². The second-order valence-corrected chi connectivity index (χ2v) is 6.04. The molecule has 0 aliphatic carbocycles. The standard InChI is InChI=1S/C14H13N3O3S/c1-17-21(18,19)12-5-6-14(13(16)8-12)20-11-4-2-3-10(7-11)9-15/h2-8,17H,16H2,1H3. The molecule has 2 rings (SSSR count). The molecule has 0 bridgehead atoms. The largest absolute Gasteiger partial charge is 0.455 e. The molecule has 2 aromatic rings. The predicted molar refractivity (Wildman–Crippen MR) is 78.3 cm³/mol. The Balaban J connectivity index is 2.32. The second kappa shape index (κ2) is 5.83. The second-order valence-electron chi connectivity index (χ2n) is 4.15. The number of rotatable bonds is 4. The molecule has 7 heteroatoms. The Morgan fingerprint density at radius 1 is 1.24 bits per heavy atom. The molecule has 2 aromatic carbocycles. The molecule has 0 saturated heterocycles. The molecule has 21 heavy (non-hydrogen) atoms. The number of ether oxygens (including phenoxy) is 1. The quantitative estimate of drug-likeness (QED) is 0.838. The van der Waals surface area contributed by atoms with E-state index in [1.165, 1.54) is 25.2 Å². The number of hydrogen-bond donors (Lipinski definition) is 2. The van der Waals surface area contributed by atoms with Crippen molar-refractivity contribution < 1.29 is 13.2 Å². The lowest BCUT2D eigenvalue weighted by molar-refractivity contribution is 0.484. The summed E-state index contributed by atoms with van der Waals surface area (Å²) in [5.41, 5.74) is 6.46. The zero-order valence-electron chi connectivity index (χ0n) is 11.2. The van der Waals surface area contributed by atoms with Crippen LogP contribution in [0, 0.1) is 11.3 Å². The van der Waals surface area contributed by atoms with Crippen molar-refractivity contribution in [3.63, 3.8) is 0 Å². The Bertz CT molecular complexity index is 810. The molecule has 0 atom stereocenters. The Hall–Kier alpha value is -2.56. The van der Waals surface area contributed by atoms with Crippen molar-refractivity contribution in [3.8, 4) is 17.6 Å². The molecule has 0 fully saturated rings. The summed E-state index contributed by atoms with van der Waals surface area (Å²) in [6.07, 6.45) is 0. The third-order valence-electron chi connectivity index (χ3n) is 2.75. The molecule has 0 spiro atoms. The van der Waals surface area contributed by atoms with Crippen molar-refractivity contribution in [2.45, 2.75) is 4.90 Å². The molecule has 3 N–H and O–H groups in total. The number of hydrogen-bond acceptors (Lipinski definition) is 5. The maximum absolute atomic E-state index is 11.7. The van der Waals surface area contributed by atoms with Crippen LogP contribution in [0.25, 0.3) is 0 Å². The summed E-state index contributed by atoms with van der Waals surface area (Å²) in [6, 6.07) is 12.8. The first-order chi connectivity index (χ1) is 9.96. The predicted octanol–water partition coefficient (Wildman–Crippen LogP) is 1.84. The van der Waals surface area contributed by atoms with Gasteiger partial charge in [0.1, 0.15) is 11.5 Å². The van der Waals surface area contributed by atoms with E-state index in [2.05, 4.69) is 4.72 Å². The number of sulfonamides is 1. The summed E-state index contributed by atoms with van der Waals surface area (Å²) in [4.78, 5) is 0.0561. The molecule has 0 unspecified atom stereocenters. The zero-order valence-corrected chi connectivity index (χ0v) is 12.0. The number of anilines is 1. The molecule has 0 saturated carbocycles. The number of nitriles is 1. The summed E-state index contributed by atoms with van der Waals surface area (Å²) in [5.74, 6) is 0.769. The zero-order chi connectivity index (χ0) is 15.5. The van der Waals surface area contributed by atoms with Crippen molar-refractivity contribution >= 4 is 15.7 Å². The van der Waals surface area contributed by atoms with Crippen LogP contribution in [0.2, 0.25) is 0 Å². The molecule has 0 aliphatic rings. The van der Waals surface area contributed by atoms with Gasteiger partial charge in [-0.3, -0.25) is 0 Å². The van der Waals surface area contributed by atoms with Gasteiger partial charge in [-0.1, -0.05) is 6.07 Å². The van der Waals surface area contributed by atoms with E-state index in [1.807, 2.05) is 6.07 Å². The van der Waals surface area contributed by atoms with E-state index >= 15 is 0 Å². The lowest BCUT2D eigenvalue weighted by atomic mass is 10.2. The van der Waals surface area contributed by atoms with Crippen molar-refractivity contribution in [3.05, 3.63) is 48.0 Å². The van der Waals surface area contributed by atoms with Crippen LogP contribution in [-0.2, 0) is 10.0 Å². The van der Waals surface area contributed by atoms with E-state index in [4.69, 9.17) is 15.7 Å². The molecular formula is C14H13N3O3S. The molecular weight excluding hydrogens is 290 g/mol. The van der Waals surface area contributed by atoms with Crippen molar-refractivity contribution in [1.82, 2.24) is 4.72 Å². The lowest BCUT2D eigenvalue weighted by Crippen LogP contribution is -2.18. The Morgan fingerprint density at radius 2 is 2.00 bits per heavy atom. The van der Waals surface area contributed by atoms with E-state index in [0.717, 1.165) is 0 Å². The third-order valence-corrected chi connectivity index (χ3v) is 4.16. The maximum Gasteiger partial charge on any atom is 0.240 e. The molecule has 0 amide bonds.